The van der Waals surface area contributed by atoms with Crippen molar-refractivity contribution in [2.75, 3.05) is 75.1 Å². The second-order valence-electron chi connectivity index (χ2n) is 8.79. The lowest BCUT2D eigenvalue weighted by Crippen LogP contribution is -2.39. The Balaban J connectivity index is 1.39. The Morgan fingerprint density at radius 3 is 2.79 bits per heavy atom. The van der Waals surface area contributed by atoms with E-state index in [9.17, 15) is 0 Å². The van der Waals surface area contributed by atoms with Crippen LogP contribution in [-0.2, 0) is 11.3 Å². The van der Waals surface area contributed by atoms with Gasteiger partial charge in [0, 0.05) is 45.8 Å². The lowest BCUT2D eigenvalue weighted by Gasteiger charge is -2.34. The van der Waals surface area contributed by atoms with Gasteiger partial charge in [0.2, 0.25) is 5.95 Å². The van der Waals surface area contributed by atoms with Crippen LogP contribution in [0.3, 0.4) is 0 Å². The van der Waals surface area contributed by atoms with Crippen LogP contribution in [0.1, 0.15) is 30.4 Å². The number of rotatable bonds is 7. The Morgan fingerprint density at radius 2 is 1.97 bits per heavy atom. The number of allylic oxidation sites excluding steroid dienone is 1. The minimum Gasteiger partial charge on any atom is -0.497 e. The van der Waals surface area contributed by atoms with Gasteiger partial charge in [-0.15, -0.1) is 0 Å². The first-order valence-electron chi connectivity index (χ1n) is 12.1. The van der Waals surface area contributed by atoms with Gasteiger partial charge < -0.3 is 25.0 Å². The van der Waals surface area contributed by atoms with Gasteiger partial charge in [0.05, 0.1) is 25.9 Å². The van der Waals surface area contributed by atoms with E-state index in [1.165, 1.54) is 16.7 Å². The Hall–Kier alpha value is -2.84. The van der Waals surface area contributed by atoms with Gasteiger partial charge >= 0.3 is 0 Å². The van der Waals surface area contributed by atoms with E-state index in [4.69, 9.17) is 19.4 Å². The van der Waals surface area contributed by atoms with Crippen LogP contribution in [0.2, 0.25) is 0 Å². The normalized spacial score (nSPS) is 18.5. The number of ether oxygens (including phenoxy) is 2. The molecular weight excluding hydrogens is 416 g/mol. The molecule has 0 aliphatic carbocycles. The molecule has 1 aromatic heterocycles. The van der Waals surface area contributed by atoms with E-state index in [0.29, 0.717) is 5.95 Å². The molecule has 2 aromatic rings. The fraction of sp³-hybridized carbons (Fsp3) is 0.520. The quantitative estimate of drug-likeness (QED) is 0.666. The summed E-state index contributed by atoms with van der Waals surface area (Å²) in [5.41, 5.74) is 3.79. The van der Waals surface area contributed by atoms with Crippen molar-refractivity contribution in [2.45, 2.75) is 25.8 Å². The molecule has 8 heteroatoms. The van der Waals surface area contributed by atoms with Gasteiger partial charge in [0.25, 0.3) is 0 Å². The van der Waals surface area contributed by atoms with E-state index in [1.807, 2.05) is 12.1 Å². The van der Waals surface area contributed by atoms with E-state index in [2.05, 4.69) is 38.6 Å². The summed E-state index contributed by atoms with van der Waals surface area (Å²) in [7, 11) is 1.70. The number of nitrogens with one attached hydrogen (secondary N) is 2. The number of methoxy groups -OCH3 is 1. The van der Waals surface area contributed by atoms with Crippen molar-refractivity contribution in [1.29, 1.82) is 0 Å². The van der Waals surface area contributed by atoms with Crippen molar-refractivity contribution in [2.24, 2.45) is 0 Å². The number of aromatic nitrogens is 2. The minimum atomic E-state index is 0.700. The van der Waals surface area contributed by atoms with Crippen molar-refractivity contribution in [3.8, 4) is 5.75 Å². The summed E-state index contributed by atoms with van der Waals surface area (Å²) in [5.74, 6) is 3.56. The van der Waals surface area contributed by atoms with Gasteiger partial charge in [-0.05, 0) is 42.5 Å². The third-order valence-electron chi connectivity index (χ3n) is 6.57. The van der Waals surface area contributed by atoms with Gasteiger partial charge in [-0.1, -0.05) is 18.2 Å². The first kappa shape index (κ1) is 22.0. The average Bonchev–Trinajstić information content (AvgIpc) is 2.84. The van der Waals surface area contributed by atoms with Gasteiger partial charge in [-0.3, -0.25) is 4.90 Å². The van der Waals surface area contributed by atoms with E-state index < -0.39 is 0 Å². The highest BCUT2D eigenvalue weighted by molar-refractivity contribution is 5.85. The Kier molecular flexibility index (Phi) is 6.92. The molecule has 0 amide bonds. The molecule has 0 spiro atoms. The Morgan fingerprint density at radius 1 is 1.12 bits per heavy atom. The third-order valence-corrected chi connectivity index (χ3v) is 6.57. The number of nitrogens with zero attached hydrogens (tertiary/aromatic N) is 4. The van der Waals surface area contributed by atoms with Crippen LogP contribution in [0.15, 0.2) is 30.3 Å². The van der Waals surface area contributed by atoms with Crippen molar-refractivity contribution in [3.05, 3.63) is 41.5 Å². The van der Waals surface area contributed by atoms with E-state index in [0.717, 1.165) is 95.7 Å². The summed E-state index contributed by atoms with van der Waals surface area (Å²) >= 11 is 0. The van der Waals surface area contributed by atoms with Crippen LogP contribution >= 0.6 is 0 Å². The van der Waals surface area contributed by atoms with Crippen LogP contribution in [0.25, 0.3) is 5.57 Å². The van der Waals surface area contributed by atoms with Crippen LogP contribution in [0, 0.1) is 0 Å². The summed E-state index contributed by atoms with van der Waals surface area (Å²) in [6, 6.07) is 8.31. The van der Waals surface area contributed by atoms with Crippen LogP contribution in [0.4, 0.5) is 17.6 Å². The highest BCUT2D eigenvalue weighted by Crippen LogP contribution is 2.40. The molecule has 3 aliphatic heterocycles. The maximum atomic E-state index is 5.46. The lowest BCUT2D eigenvalue weighted by molar-refractivity contribution is 0.0398. The zero-order valence-electron chi connectivity index (χ0n) is 19.5. The smallest absolute Gasteiger partial charge is 0.226 e. The maximum absolute atomic E-state index is 5.46. The molecule has 33 heavy (non-hydrogen) atoms. The summed E-state index contributed by atoms with van der Waals surface area (Å²) in [5, 5.41) is 7.07. The largest absolute Gasteiger partial charge is 0.497 e. The van der Waals surface area contributed by atoms with E-state index >= 15 is 0 Å². The zero-order valence-corrected chi connectivity index (χ0v) is 19.5. The molecule has 4 heterocycles. The van der Waals surface area contributed by atoms with Gasteiger partial charge in [0.15, 0.2) is 0 Å². The van der Waals surface area contributed by atoms with Crippen molar-refractivity contribution >= 4 is 23.2 Å². The lowest BCUT2D eigenvalue weighted by atomic mass is 9.96. The monoisotopic (exact) mass is 450 g/mol. The number of hydrogen-bond acceptors (Lipinski definition) is 8. The number of anilines is 3. The average molecular weight is 451 g/mol. The second kappa shape index (κ2) is 10.4. The standard InChI is InChI=1S/C25H34N6O2/c1-32-21-7-5-19(6-8-21)18-31-12-9-20-4-2-3-10-26-23-22(20)24(31)29-25(28-23)27-11-13-30-14-16-33-17-15-30/h4-8H,2-3,9-18H2,1H3,(H2,26,27,28,29). The van der Waals surface area contributed by atoms with Gasteiger partial charge in [-0.2, -0.15) is 9.97 Å². The molecule has 1 fully saturated rings. The molecule has 8 nitrogen and oxygen atoms in total. The molecule has 0 unspecified atom stereocenters. The highest BCUT2D eigenvalue weighted by atomic mass is 16.5. The first-order valence-corrected chi connectivity index (χ1v) is 12.1. The van der Waals surface area contributed by atoms with Crippen molar-refractivity contribution in [1.82, 2.24) is 14.9 Å². The Bertz CT molecular complexity index is 972. The molecule has 0 bridgehead atoms. The Labute approximate surface area is 196 Å². The minimum absolute atomic E-state index is 0.700. The molecule has 3 aliphatic rings. The fourth-order valence-electron chi connectivity index (χ4n) is 4.71. The summed E-state index contributed by atoms with van der Waals surface area (Å²) in [6.45, 7) is 8.10. The molecule has 1 aromatic carbocycles. The first-order chi connectivity index (χ1) is 16.3. The molecule has 5 rings (SSSR count). The molecule has 1 saturated heterocycles. The third kappa shape index (κ3) is 5.23. The molecule has 0 atom stereocenters. The van der Waals surface area contributed by atoms with Crippen LogP contribution in [0.5, 0.6) is 5.75 Å². The van der Waals surface area contributed by atoms with Crippen LogP contribution < -0.4 is 20.3 Å². The predicted molar refractivity (Wildman–Crippen MR) is 132 cm³/mol. The fourth-order valence-corrected chi connectivity index (χ4v) is 4.71. The summed E-state index contributed by atoms with van der Waals surface area (Å²) < 4.78 is 10.8. The molecule has 0 saturated carbocycles. The molecular formula is C25H34N6O2. The predicted octanol–water partition coefficient (Wildman–Crippen LogP) is 3.23. The SMILES string of the molecule is COc1ccc(CN2CCC3=CCCCNc4nc(NCCN5CCOCC5)nc2c43)cc1. The van der Waals surface area contributed by atoms with Gasteiger partial charge in [0.1, 0.15) is 17.4 Å². The number of morpholine rings is 1. The number of hydrogen-bond donors (Lipinski definition) is 2. The number of benzene rings is 1. The van der Waals surface area contributed by atoms with Gasteiger partial charge in [-0.25, -0.2) is 0 Å². The highest BCUT2D eigenvalue weighted by Gasteiger charge is 2.27. The van der Waals surface area contributed by atoms with Crippen LogP contribution in [-0.4, -0.2) is 74.5 Å². The zero-order chi connectivity index (χ0) is 22.5. The van der Waals surface area contributed by atoms with E-state index in [1.54, 1.807) is 7.11 Å². The second-order valence-corrected chi connectivity index (χ2v) is 8.79. The van der Waals surface area contributed by atoms with Crippen molar-refractivity contribution in [3.63, 3.8) is 0 Å². The molecule has 0 radical (unpaired) electrons. The molecule has 176 valence electrons. The van der Waals surface area contributed by atoms with Crippen molar-refractivity contribution < 1.29 is 9.47 Å². The van der Waals surface area contributed by atoms with E-state index in [-0.39, 0.29) is 0 Å². The topological polar surface area (TPSA) is 74.8 Å². The summed E-state index contributed by atoms with van der Waals surface area (Å²) in [6.07, 6.45) is 5.63. The molecule has 2 N–H and O–H groups in total. The maximum Gasteiger partial charge on any atom is 0.226 e. The summed E-state index contributed by atoms with van der Waals surface area (Å²) in [4.78, 5) is 14.7.